The fourth-order valence-corrected chi connectivity index (χ4v) is 3.72. The fourth-order valence-electron chi connectivity index (χ4n) is 3.72. The molecule has 0 bridgehead atoms. The van der Waals surface area contributed by atoms with Crippen LogP contribution >= 0.6 is 0 Å². The van der Waals surface area contributed by atoms with Gasteiger partial charge in [0.05, 0.1) is 24.9 Å². The minimum Gasteiger partial charge on any atom is -0.496 e. The maximum Gasteiger partial charge on any atom is 0.259 e. The van der Waals surface area contributed by atoms with Crippen molar-refractivity contribution in [3.8, 4) is 23.3 Å². The predicted molar refractivity (Wildman–Crippen MR) is 106 cm³/mol. The van der Waals surface area contributed by atoms with E-state index >= 15 is 0 Å². The predicted octanol–water partition coefficient (Wildman–Crippen LogP) is 2.54. The van der Waals surface area contributed by atoms with Gasteiger partial charge in [0.1, 0.15) is 17.0 Å². The van der Waals surface area contributed by atoms with E-state index in [9.17, 15) is 5.26 Å². The molecule has 0 saturated carbocycles. The van der Waals surface area contributed by atoms with Gasteiger partial charge in [0.15, 0.2) is 0 Å². The van der Waals surface area contributed by atoms with Crippen molar-refractivity contribution in [2.75, 3.05) is 27.3 Å². The first kappa shape index (κ1) is 19.9. The summed E-state index contributed by atoms with van der Waals surface area (Å²) in [4.78, 5) is 15.1. The number of hydrogen-bond acceptors (Lipinski definition) is 9. The summed E-state index contributed by atoms with van der Waals surface area (Å²) in [5.41, 5.74) is 1.53. The molecule has 9 nitrogen and oxygen atoms in total. The second kappa shape index (κ2) is 8.57. The Morgan fingerprint density at radius 3 is 2.73 bits per heavy atom. The van der Waals surface area contributed by atoms with Gasteiger partial charge in [-0.1, -0.05) is 5.16 Å². The lowest BCUT2D eigenvalue weighted by Crippen LogP contribution is -2.43. The number of nitriles is 1. The zero-order valence-corrected chi connectivity index (χ0v) is 16.9. The van der Waals surface area contributed by atoms with Gasteiger partial charge < -0.3 is 14.0 Å². The van der Waals surface area contributed by atoms with Gasteiger partial charge in [-0.05, 0) is 31.0 Å². The molecule has 3 heterocycles. The van der Waals surface area contributed by atoms with E-state index < -0.39 is 5.60 Å². The Bertz CT molecular complexity index is 1040. The normalized spacial score (nSPS) is 16.2. The lowest BCUT2D eigenvalue weighted by Gasteiger charge is -2.38. The van der Waals surface area contributed by atoms with Crippen molar-refractivity contribution < 1.29 is 14.0 Å². The van der Waals surface area contributed by atoms with Crippen molar-refractivity contribution in [2.24, 2.45) is 0 Å². The van der Waals surface area contributed by atoms with Crippen LogP contribution in [0.2, 0.25) is 0 Å². The Morgan fingerprint density at radius 2 is 2.07 bits per heavy atom. The second-order valence-electron chi connectivity index (χ2n) is 7.13. The third-order valence-corrected chi connectivity index (χ3v) is 5.47. The van der Waals surface area contributed by atoms with Gasteiger partial charge >= 0.3 is 0 Å². The number of likely N-dealkylation sites (tertiary alicyclic amines) is 1. The molecule has 1 fully saturated rings. The van der Waals surface area contributed by atoms with Crippen LogP contribution in [0.4, 0.5) is 0 Å². The zero-order chi connectivity index (χ0) is 21.0. The topological polar surface area (TPSA) is 110 Å². The average molecular weight is 406 g/mol. The maximum atomic E-state index is 9.19. The lowest BCUT2D eigenvalue weighted by atomic mass is 9.90. The molecule has 0 unspecified atom stereocenters. The van der Waals surface area contributed by atoms with E-state index in [2.05, 4.69) is 31.1 Å². The molecule has 0 N–H and O–H groups in total. The third kappa shape index (κ3) is 3.87. The molecule has 0 aliphatic carbocycles. The van der Waals surface area contributed by atoms with Gasteiger partial charge in [0.2, 0.25) is 5.82 Å². The number of aromatic nitrogens is 4. The van der Waals surface area contributed by atoms with Crippen molar-refractivity contribution in [1.82, 2.24) is 25.0 Å². The molecule has 154 valence electrons. The SMILES string of the molecule is COc1ccc(C#N)cc1CN1CCC(OC)(c2nc(-c3cnccn3)no2)CC1. The molecule has 1 saturated heterocycles. The molecule has 3 aromatic rings. The summed E-state index contributed by atoms with van der Waals surface area (Å²) in [5.74, 6) is 1.63. The summed E-state index contributed by atoms with van der Waals surface area (Å²) < 4.78 is 16.9. The summed E-state index contributed by atoms with van der Waals surface area (Å²) in [6.45, 7) is 2.24. The van der Waals surface area contributed by atoms with Crippen molar-refractivity contribution in [3.05, 3.63) is 53.8 Å². The van der Waals surface area contributed by atoms with E-state index in [1.807, 2.05) is 12.1 Å². The Balaban J connectivity index is 1.48. The van der Waals surface area contributed by atoms with Crippen LogP contribution in [0.3, 0.4) is 0 Å². The summed E-state index contributed by atoms with van der Waals surface area (Å²) in [6.07, 6.45) is 6.18. The number of hydrogen-bond donors (Lipinski definition) is 0. The lowest BCUT2D eigenvalue weighted by molar-refractivity contribution is -0.0839. The van der Waals surface area contributed by atoms with Crippen LogP contribution in [0, 0.1) is 11.3 Å². The van der Waals surface area contributed by atoms with Crippen LogP contribution in [-0.2, 0) is 16.9 Å². The average Bonchev–Trinajstić information content (AvgIpc) is 3.31. The fraction of sp³-hybridized carbons (Fsp3) is 0.381. The van der Waals surface area contributed by atoms with Gasteiger partial charge in [-0.3, -0.25) is 9.88 Å². The number of benzene rings is 1. The van der Waals surface area contributed by atoms with E-state index in [0.29, 0.717) is 42.4 Å². The minimum absolute atomic E-state index is 0.398. The van der Waals surface area contributed by atoms with Crippen molar-refractivity contribution in [3.63, 3.8) is 0 Å². The Kier molecular flexibility index (Phi) is 5.70. The molecule has 4 rings (SSSR count). The van der Waals surface area contributed by atoms with E-state index in [-0.39, 0.29) is 0 Å². The van der Waals surface area contributed by atoms with Crippen LogP contribution in [0.25, 0.3) is 11.5 Å². The number of piperidine rings is 1. The molecular weight excluding hydrogens is 384 g/mol. The Morgan fingerprint density at radius 1 is 1.23 bits per heavy atom. The van der Waals surface area contributed by atoms with Crippen molar-refractivity contribution in [2.45, 2.75) is 25.0 Å². The first-order valence-corrected chi connectivity index (χ1v) is 9.62. The molecule has 30 heavy (non-hydrogen) atoms. The molecule has 1 aromatic carbocycles. The smallest absolute Gasteiger partial charge is 0.259 e. The molecule has 2 aromatic heterocycles. The second-order valence-corrected chi connectivity index (χ2v) is 7.13. The molecule has 0 radical (unpaired) electrons. The molecule has 1 aliphatic heterocycles. The number of nitrogens with zero attached hydrogens (tertiary/aromatic N) is 6. The van der Waals surface area contributed by atoms with Gasteiger partial charge in [-0.2, -0.15) is 10.2 Å². The highest BCUT2D eigenvalue weighted by Gasteiger charge is 2.41. The minimum atomic E-state index is -0.636. The summed E-state index contributed by atoms with van der Waals surface area (Å²) >= 11 is 0. The number of methoxy groups -OCH3 is 2. The summed E-state index contributed by atoms with van der Waals surface area (Å²) in [6, 6.07) is 7.66. The van der Waals surface area contributed by atoms with Crippen LogP contribution in [0.1, 0.15) is 29.9 Å². The monoisotopic (exact) mass is 406 g/mol. The highest BCUT2D eigenvalue weighted by atomic mass is 16.5. The van der Waals surface area contributed by atoms with E-state index in [1.54, 1.807) is 38.9 Å². The van der Waals surface area contributed by atoms with Crippen LogP contribution in [0.15, 0.2) is 41.3 Å². The quantitative estimate of drug-likeness (QED) is 0.610. The van der Waals surface area contributed by atoms with Crippen LogP contribution < -0.4 is 4.74 Å². The van der Waals surface area contributed by atoms with Gasteiger partial charge in [0.25, 0.3) is 5.89 Å². The molecule has 1 aliphatic rings. The number of ether oxygens (including phenoxy) is 2. The van der Waals surface area contributed by atoms with Crippen molar-refractivity contribution in [1.29, 1.82) is 5.26 Å². The summed E-state index contributed by atoms with van der Waals surface area (Å²) in [5, 5.41) is 13.2. The molecule has 0 amide bonds. The molecule has 0 atom stereocenters. The van der Waals surface area contributed by atoms with Crippen LogP contribution in [-0.4, -0.2) is 52.3 Å². The van der Waals surface area contributed by atoms with Gasteiger partial charge in [0, 0.05) is 44.7 Å². The maximum absolute atomic E-state index is 9.19. The van der Waals surface area contributed by atoms with E-state index in [0.717, 1.165) is 24.4 Å². The van der Waals surface area contributed by atoms with E-state index in [4.69, 9.17) is 14.0 Å². The highest BCUT2D eigenvalue weighted by Crippen LogP contribution is 2.36. The first-order valence-electron chi connectivity index (χ1n) is 9.62. The zero-order valence-electron chi connectivity index (χ0n) is 16.9. The third-order valence-electron chi connectivity index (χ3n) is 5.47. The van der Waals surface area contributed by atoms with Gasteiger partial charge in [-0.15, -0.1) is 0 Å². The standard InChI is InChI=1S/C21H22N6O3/c1-28-18-4-3-15(12-22)11-16(18)14-27-9-5-21(29-2,6-10-27)20-25-19(26-30-20)17-13-23-7-8-24-17/h3-4,7-8,11,13H,5-6,9-10,14H2,1-2H3. The van der Waals surface area contributed by atoms with Crippen molar-refractivity contribution >= 4 is 0 Å². The Hall–Kier alpha value is -3.35. The summed E-state index contributed by atoms with van der Waals surface area (Å²) in [7, 11) is 3.31. The van der Waals surface area contributed by atoms with Gasteiger partial charge in [-0.25, -0.2) is 4.98 Å². The number of rotatable bonds is 6. The molecule has 9 heteroatoms. The largest absolute Gasteiger partial charge is 0.496 e. The van der Waals surface area contributed by atoms with Crippen LogP contribution in [0.5, 0.6) is 5.75 Å². The molecular formula is C21H22N6O3. The Labute approximate surface area is 174 Å². The first-order chi connectivity index (χ1) is 14.7. The van der Waals surface area contributed by atoms with E-state index in [1.165, 1.54) is 0 Å². The molecule has 0 spiro atoms. The highest BCUT2D eigenvalue weighted by molar-refractivity contribution is 5.45.